The highest BCUT2D eigenvalue weighted by Gasteiger charge is 2.14. The highest BCUT2D eigenvalue weighted by Crippen LogP contribution is 2.33. The second kappa shape index (κ2) is 11.9. The smallest absolute Gasteiger partial charge is 0.341 e. The number of nitrogens with zero attached hydrogens (tertiary/aromatic N) is 1. The molecular formula is C22H24N2O7. The number of benzene rings is 2. The Morgan fingerprint density at radius 2 is 1.77 bits per heavy atom. The van der Waals surface area contributed by atoms with Gasteiger partial charge in [-0.3, -0.25) is 4.79 Å². The largest absolute Gasteiger partial charge is 0.497 e. The number of carbonyl (C=O) groups excluding carboxylic acids is 1. The van der Waals surface area contributed by atoms with Crippen molar-refractivity contribution >= 4 is 18.1 Å². The summed E-state index contributed by atoms with van der Waals surface area (Å²) in [6.07, 6.45) is 3.51. The van der Waals surface area contributed by atoms with E-state index in [4.69, 9.17) is 24.1 Å². The van der Waals surface area contributed by atoms with Gasteiger partial charge in [-0.25, -0.2) is 10.2 Å². The Morgan fingerprint density at radius 3 is 2.39 bits per heavy atom. The van der Waals surface area contributed by atoms with Gasteiger partial charge in [0.15, 0.2) is 24.7 Å². The average Bonchev–Trinajstić information content (AvgIpc) is 2.77. The molecule has 9 heteroatoms. The number of nitrogens with one attached hydrogen (secondary N) is 1. The first-order valence-corrected chi connectivity index (χ1v) is 9.22. The summed E-state index contributed by atoms with van der Waals surface area (Å²) >= 11 is 0. The minimum atomic E-state index is -1.10. The summed E-state index contributed by atoms with van der Waals surface area (Å²) in [5.74, 6) is 0.335. The van der Waals surface area contributed by atoms with Crippen LogP contribution in [0.1, 0.15) is 11.1 Å². The van der Waals surface area contributed by atoms with Crippen molar-refractivity contribution in [3.05, 3.63) is 60.2 Å². The van der Waals surface area contributed by atoms with E-state index >= 15 is 0 Å². The summed E-state index contributed by atoms with van der Waals surface area (Å²) < 4.78 is 21.1. The molecule has 2 aromatic carbocycles. The summed E-state index contributed by atoms with van der Waals surface area (Å²) in [5, 5.41) is 12.8. The molecule has 0 aromatic heterocycles. The molecule has 1 amide bonds. The highest BCUT2D eigenvalue weighted by atomic mass is 16.5. The number of hydrazone groups is 1. The lowest BCUT2D eigenvalue weighted by Crippen LogP contribution is -2.24. The third-order valence-corrected chi connectivity index (χ3v) is 3.91. The quantitative estimate of drug-likeness (QED) is 0.303. The van der Waals surface area contributed by atoms with Crippen LogP contribution in [0, 0.1) is 0 Å². The standard InChI is InChI=1S/C22H24N2O7/c1-4-5-16-10-15(11-19(29-3)22(16)31-14-21(26)27)12-23-24-20(25)13-30-18-8-6-17(28-2)7-9-18/h4,6-12H,1,5,13-14H2,2-3H3,(H,24,25)(H,26,27)/b23-12+. The maximum atomic E-state index is 11.9. The minimum Gasteiger partial charge on any atom is -0.497 e. The van der Waals surface area contributed by atoms with Gasteiger partial charge in [0.05, 0.1) is 20.4 Å². The second-order valence-corrected chi connectivity index (χ2v) is 6.14. The number of carboxylic acids is 1. The number of amides is 1. The molecular weight excluding hydrogens is 404 g/mol. The number of carbonyl (C=O) groups is 2. The van der Waals surface area contributed by atoms with E-state index in [1.165, 1.54) is 13.3 Å². The monoisotopic (exact) mass is 428 g/mol. The zero-order valence-electron chi connectivity index (χ0n) is 17.3. The van der Waals surface area contributed by atoms with Crippen molar-refractivity contribution in [3.8, 4) is 23.0 Å². The predicted octanol–water partition coefficient (Wildman–Crippen LogP) is 2.42. The van der Waals surface area contributed by atoms with Crippen molar-refractivity contribution in [2.45, 2.75) is 6.42 Å². The van der Waals surface area contributed by atoms with Crippen LogP contribution < -0.4 is 24.4 Å². The molecule has 0 bridgehead atoms. The number of aliphatic carboxylic acids is 1. The Balaban J connectivity index is 2.01. The Labute approximate surface area is 179 Å². The van der Waals surface area contributed by atoms with Crippen LogP contribution in [0.4, 0.5) is 0 Å². The average molecular weight is 428 g/mol. The summed E-state index contributed by atoms with van der Waals surface area (Å²) in [4.78, 5) is 22.8. The normalized spacial score (nSPS) is 10.4. The zero-order valence-corrected chi connectivity index (χ0v) is 17.3. The van der Waals surface area contributed by atoms with Gasteiger partial charge in [-0.15, -0.1) is 6.58 Å². The maximum Gasteiger partial charge on any atom is 0.341 e. The third kappa shape index (κ3) is 7.39. The summed E-state index contributed by atoms with van der Waals surface area (Å²) in [7, 11) is 3.01. The molecule has 9 nitrogen and oxygen atoms in total. The van der Waals surface area contributed by atoms with Crippen molar-refractivity contribution in [1.82, 2.24) is 5.43 Å². The summed E-state index contributed by atoms with van der Waals surface area (Å²) in [5.41, 5.74) is 3.67. The van der Waals surface area contributed by atoms with Crippen LogP contribution in [0.2, 0.25) is 0 Å². The van der Waals surface area contributed by atoms with Crippen molar-refractivity contribution in [3.63, 3.8) is 0 Å². The fourth-order valence-electron chi connectivity index (χ4n) is 2.55. The molecule has 0 saturated heterocycles. The summed E-state index contributed by atoms with van der Waals surface area (Å²) in [6.45, 7) is 2.98. The SMILES string of the molecule is C=CCc1cc(/C=N/NC(=O)COc2ccc(OC)cc2)cc(OC)c1OCC(=O)O. The van der Waals surface area contributed by atoms with Gasteiger partial charge in [0.1, 0.15) is 11.5 Å². The minimum absolute atomic E-state index is 0.212. The third-order valence-electron chi connectivity index (χ3n) is 3.91. The van der Waals surface area contributed by atoms with Crippen LogP contribution in [0.15, 0.2) is 54.2 Å². The fraction of sp³-hybridized carbons (Fsp3) is 0.227. The molecule has 0 aliphatic rings. The first-order chi connectivity index (χ1) is 15.0. The Bertz CT molecular complexity index is 940. The number of rotatable bonds is 12. The van der Waals surface area contributed by atoms with Crippen LogP contribution in [0.5, 0.6) is 23.0 Å². The van der Waals surface area contributed by atoms with Crippen molar-refractivity contribution < 1.29 is 33.6 Å². The van der Waals surface area contributed by atoms with E-state index in [0.29, 0.717) is 40.5 Å². The molecule has 0 aliphatic heterocycles. The van der Waals surface area contributed by atoms with Crippen LogP contribution >= 0.6 is 0 Å². The molecule has 0 heterocycles. The van der Waals surface area contributed by atoms with E-state index in [2.05, 4.69) is 17.1 Å². The van der Waals surface area contributed by atoms with E-state index in [0.717, 1.165) is 0 Å². The fourth-order valence-corrected chi connectivity index (χ4v) is 2.55. The topological polar surface area (TPSA) is 116 Å². The number of hydrogen-bond acceptors (Lipinski definition) is 7. The molecule has 2 aromatic rings. The molecule has 0 saturated carbocycles. The first-order valence-electron chi connectivity index (χ1n) is 9.22. The van der Waals surface area contributed by atoms with Crippen LogP contribution in [0.25, 0.3) is 0 Å². The van der Waals surface area contributed by atoms with E-state index in [1.54, 1.807) is 49.6 Å². The maximum absolute atomic E-state index is 11.9. The Morgan fingerprint density at radius 1 is 1.06 bits per heavy atom. The molecule has 0 unspecified atom stereocenters. The van der Waals surface area contributed by atoms with Crippen LogP contribution in [-0.2, 0) is 16.0 Å². The van der Waals surface area contributed by atoms with Gasteiger partial charge < -0.3 is 24.1 Å². The van der Waals surface area contributed by atoms with Gasteiger partial charge in [0.25, 0.3) is 5.91 Å². The molecule has 0 spiro atoms. The van der Waals surface area contributed by atoms with Crippen molar-refractivity contribution in [1.29, 1.82) is 0 Å². The van der Waals surface area contributed by atoms with Gasteiger partial charge in [-0.05, 0) is 48.4 Å². The second-order valence-electron chi connectivity index (χ2n) is 6.14. The molecule has 2 rings (SSSR count). The van der Waals surface area contributed by atoms with Gasteiger partial charge in [-0.1, -0.05) is 6.08 Å². The first kappa shape index (κ1) is 23.3. The van der Waals surface area contributed by atoms with Crippen molar-refractivity contribution in [2.24, 2.45) is 5.10 Å². The lowest BCUT2D eigenvalue weighted by molar-refractivity contribution is -0.139. The van der Waals surface area contributed by atoms with Crippen LogP contribution in [0.3, 0.4) is 0 Å². The molecule has 164 valence electrons. The van der Waals surface area contributed by atoms with E-state index < -0.39 is 18.5 Å². The molecule has 0 atom stereocenters. The number of carboxylic acid groups (broad SMARTS) is 1. The Kier molecular flexibility index (Phi) is 8.90. The molecule has 0 fully saturated rings. The Hall–Kier alpha value is -4.01. The van der Waals surface area contributed by atoms with Gasteiger partial charge in [-0.2, -0.15) is 5.10 Å². The molecule has 0 aliphatic carbocycles. The summed E-state index contributed by atoms with van der Waals surface area (Å²) in [6, 6.07) is 10.2. The number of allylic oxidation sites excluding steroid dienone is 1. The predicted molar refractivity (Wildman–Crippen MR) is 114 cm³/mol. The van der Waals surface area contributed by atoms with Gasteiger partial charge in [0.2, 0.25) is 0 Å². The van der Waals surface area contributed by atoms with E-state index in [-0.39, 0.29) is 6.61 Å². The number of hydrogen-bond donors (Lipinski definition) is 2. The van der Waals surface area contributed by atoms with Crippen molar-refractivity contribution in [2.75, 3.05) is 27.4 Å². The van der Waals surface area contributed by atoms with Gasteiger partial charge in [0, 0.05) is 5.56 Å². The lowest BCUT2D eigenvalue weighted by atomic mass is 10.1. The van der Waals surface area contributed by atoms with E-state index in [9.17, 15) is 9.59 Å². The number of methoxy groups -OCH3 is 2. The van der Waals surface area contributed by atoms with Gasteiger partial charge >= 0.3 is 5.97 Å². The molecule has 0 radical (unpaired) electrons. The molecule has 31 heavy (non-hydrogen) atoms. The number of ether oxygens (including phenoxy) is 4. The zero-order chi connectivity index (χ0) is 22.6. The van der Waals surface area contributed by atoms with E-state index in [1.807, 2.05) is 0 Å². The molecule has 2 N–H and O–H groups in total. The highest BCUT2D eigenvalue weighted by molar-refractivity contribution is 5.84. The lowest BCUT2D eigenvalue weighted by Gasteiger charge is -2.14. The van der Waals surface area contributed by atoms with Crippen LogP contribution in [-0.4, -0.2) is 50.6 Å².